The smallest absolute Gasteiger partial charge is 0.328 e. The summed E-state index contributed by atoms with van der Waals surface area (Å²) in [5.74, 6) is -9.04. The van der Waals surface area contributed by atoms with E-state index in [1.54, 1.807) is 30.8 Å². The molecule has 0 aliphatic carbocycles. The lowest BCUT2D eigenvalue weighted by molar-refractivity contribution is -0.147. The highest BCUT2D eigenvalue weighted by Crippen LogP contribution is 2.26. The summed E-state index contributed by atoms with van der Waals surface area (Å²) < 4.78 is 0. The number of nitrogens with one attached hydrogen (secondary N) is 8. The predicted octanol–water partition coefficient (Wildman–Crippen LogP) is -2.80. The van der Waals surface area contributed by atoms with Crippen LogP contribution in [0.2, 0.25) is 0 Å². The molecule has 448 valence electrons. The summed E-state index contributed by atoms with van der Waals surface area (Å²) in [6.07, 6.45) is 5.91. The van der Waals surface area contributed by atoms with Crippen molar-refractivity contribution in [3.05, 3.63) is 36.0 Å². The number of hydrogen-bond donors (Lipinski definition) is 13. The van der Waals surface area contributed by atoms with E-state index in [9.17, 15) is 67.7 Å². The van der Waals surface area contributed by atoms with Crippen molar-refractivity contribution in [3.63, 3.8) is 0 Å². The summed E-state index contributed by atoms with van der Waals surface area (Å²) in [4.78, 5) is 166. The first kappa shape index (κ1) is 66.5. The number of H-pyrrole nitrogens is 1. The van der Waals surface area contributed by atoms with Crippen LogP contribution >= 0.6 is 23.5 Å². The third-order valence-corrected chi connectivity index (χ3v) is 15.1. The molecule has 2 fully saturated rings. The molecule has 1 aromatic carbocycles. The van der Waals surface area contributed by atoms with Gasteiger partial charge in [0, 0.05) is 49.5 Å². The average molecular weight is 1170 g/mol. The molecular weight excluding hydrogens is 1090 g/mol. The fraction of sp³-hybridized carbons (Fsp3) is 0.615. The molecule has 2 aliphatic heterocycles. The van der Waals surface area contributed by atoms with Crippen LogP contribution in [0.5, 0.6) is 0 Å². The third-order valence-electron chi connectivity index (χ3n) is 13.8. The zero-order valence-corrected chi connectivity index (χ0v) is 47.8. The topological polar surface area (TPSA) is 430 Å². The van der Waals surface area contributed by atoms with Crippen molar-refractivity contribution >= 4 is 105 Å². The fourth-order valence-corrected chi connectivity index (χ4v) is 10.4. The number of aliphatic carboxylic acids is 1. The Morgan fingerprint density at radius 2 is 1.16 bits per heavy atom. The minimum Gasteiger partial charge on any atom is -0.480 e. The Labute approximate surface area is 478 Å². The van der Waals surface area contributed by atoms with Crippen molar-refractivity contribution in [2.45, 2.75) is 145 Å². The van der Waals surface area contributed by atoms with Crippen molar-refractivity contribution in [3.8, 4) is 0 Å². The number of rotatable bonds is 34. The standard InChI is InChI=1S/C52H79N13O14S2/c1-28(2)23-36(62-50(76)39-11-7-20-65(39)51(77)40-12-8-19-64(40)43(69)26-57-44(70)31(53)13-15-41(54)67)48(74)59-35(18-22-81-4)47(73)61-37(24-29-25-56-32-10-6-5-9-30(29)32)49(75)60-34(17-21-80-3)46(72)58-33(14-16-42(55)68)45(71)63-38(27-66)52(78)79/h5-6,9-10,25,28,31,33-40,56,66H,7-8,11-24,26-27,53H2,1-4H3,(H2,54,67)(H2,55,68)(H,57,70)(H,58,72)(H,59,74)(H,60,75)(H,61,73)(H,62,76)(H,63,71)(H,78,79)/t31-,33-,34-,35-,36-,37-,38-,39-,40-/m0/s1. The number of nitrogens with zero attached hydrogens (tertiary/aromatic N) is 2. The number of carboxylic acids is 1. The minimum atomic E-state index is -1.74. The van der Waals surface area contributed by atoms with E-state index in [0.717, 1.165) is 10.9 Å². The van der Waals surface area contributed by atoms with Crippen LogP contribution < -0.4 is 54.4 Å². The summed E-state index contributed by atoms with van der Waals surface area (Å²) in [6, 6.07) is -4.27. The van der Waals surface area contributed by atoms with Gasteiger partial charge in [0.1, 0.15) is 48.3 Å². The number of aromatic amines is 1. The number of hydrogen-bond acceptors (Lipinski definition) is 16. The van der Waals surface area contributed by atoms with Gasteiger partial charge in [-0.25, -0.2) is 4.79 Å². The molecule has 1 aromatic heterocycles. The second-order valence-electron chi connectivity index (χ2n) is 20.4. The number of nitrogens with two attached hydrogens (primary N) is 3. The Morgan fingerprint density at radius 3 is 1.72 bits per heavy atom. The first-order valence-corrected chi connectivity index (χ1v) is 29.7. The van der Waals surface area contributed by atoms with Gasteiger partial charge >= 0.3 is 5.97 Å². The molecule has 0 unspecified atom stereocenters. The van der Waals surface area contributed by atoms with Crippen molar-refractivity contribution < 1.29 is 67.7 Å². The lowest BCUT2D eigenvalue weighted by Gasteiger charge is -2.32. The van der Waals surface area contributed by atoms with Gasteiger partial charge in [0.05, 0.1) is 19.2 Å². The van der Waals surface area contributed by atoms with Gasteiger partial charge in [0.15, 0.2) is 0 Å². The fourth-order valence-electron chi connectivity index (χ4n) is 9.45. The number of carboxylic acid groups (broad SMARTS) is 1. The number of carbonyl (C=O) groups excluding carboxylic acids is 11. The second kappa shape index (κ2) is 33.1. The Balaban J connectivity index is 1.55. The number of para-hydroxylation sites is 1. The van der Waals surface area contributed by atoms with Crippen molar-refractivity contribution in [1.29, 1.82) is 0 Å². The molecule has 11 amide bonds. The van der Waals surface area contributed by atoms with E-state index < -0.39 is 145 Å². The molecule has 3 heterocycles. The first-order chi connectivity index (χ1) is 38.5. The van der Waals surface area contributed by atoms with Crippen LogP contribution in [-0.4, -0.2) is 201 Å². The number of aliphatic hydroxyl groups excluding tert-OH is 1. The van der Waals surface area contributed by atoms with Gasteiger partial charge in [0.2, 0.25) is 65.0 Å². The number of likely N-dealkylation sites (tertiary alicyclic amines) is 2. The molecular formula is C52H79N13O14S2. The van der Waals surface area contributed by atoms with Crippen molar-refractivity contribution in [2.24, 2.45) is 23.1 Å². The SMILES string of the molecule is CSCC[C@H](NC(=O)[C@H](Cc1c[nH]c2ccccc12)NC(=O)[C@H](CCSC)NC(=O)[C@H](CC(C)C)NC(=O)[C@@H]1CCCN1C(=O)[C@@H]1CCCN1C(=O)CNC(=O)[C@@H](N)CCC(N)=O)C(=O)N[C@@H](CCC(N)=O)C(=O)N[C@@H](CO)C(=O)O. The number of aromatic nitrogens is 1. The minimum absolute atomic E-state index is 0.00536. The molecule has 0 saturated carbocycles. The van der Waals surface area contributed by atoms with Gasteiger partial charge in [-0.1, -0.05) is 32.0 Å². The zero-order chi connectivity index (χ0) is 59.9. The molecule has 2 aliphatic rings. The molecule has 0 radical (unpaired) electrons. The van der Waals surface area contributed by atoms with E-state index in [1.165, 1.54) is 33.3 Å². The highest BCUT2D eigenvalue weighted by Gasteiger charge is 2.43. The number of thioether (sulfide) groups is 2. The number of primary amides is 2. The van der Waals surface area contributed by atoms with E-state index >= 15 is 0 Å². The second-order valence-corrected chi connectivity index (χ2v) is 22.4. The van der Waals surface area contributed by atoms with Crippen LogP contribution in [-0.2, 0) is 64.0 Å². The highest BCUT2D eigenvalue weighted by molar-refractivity contribution is 7.98. The molecule has 81 heavy (non-hydrogen) atoms. The molecule has 4 rings (SSSR count). The number of carbonyl (C=O) groups is 12. The van der Waals surface area contributed by atoms with E-state index in [2.05, 4.69) is 42.2 Å². The molecule has 2 aromatic rings. The average Bonchev–Trinajstić information content (AvgIpc) is 4.23. The van der Waals surface area contributed by atoms with Gasteiger partial charge in [0.25, 0.3) is 0 Å². The van der Waals surface area contributed by atoms with Crippen LogP contribution in [0.1, 0.15) is 90.0 Å². The maximum Gasteiger partial charge on any atom is 0.328 e. The van der Waals surface area contributed by atoms with Crippen molar-refractivity contribution in [1.82, 2.24) is 52.0 Å². The number of benzene rings is 1. The monoisotopic (exact) mass is 1170 g/mol. The molecule has 0 spiro atoms. The van der Waals surface area contributed by atoms with Gasteiger partial charge in [-0.05, 0) is 99.4 Å². The van der Waals surface area contributed by atoms with Gasteiger partial charge in [-0.3, -0.25) is 52.7 Å². The Kier molecular flexibility index (Phi) is 27.2. The van der Waals surface area contributed by atoms with Crippen molar-refractivity contribution in [2.75, 3.05) is 50.3 Å². The summed E-state index contributed by atoms with van der Waals surface area (Å²) in [7, 11) is 0. The molecule has 27 nitrogen and oxygen atoms in total. The molecule has 9 atom stereocenters. The van der Waals surface area contributed by atoms with E-state index in [-0.39, 0.29) is 70.4 Å². The Bertz CT molecular complexity index is 2570. The molecule has 2 saturated heterocycles. The van der Waals surface area contributed by atoms with E-state index in [0.29, 0.717) is 36.3 Å². The first-order valence-electron chi connectivity index (χ1n) is 26.9. The Morgan fingerprint density at radius 1 is 0.654 bits per heavy atom. The summed E-state index contributed by atoms with van der Waals surface area (Å²) in [6.45, 7) is 2.66. The largest absolute Gasteiger partial charge is 0.480 e. The van der Waals surface area contributed by atoms with Crippen LogP contribution in [0.4, 0.5) is 0 Å². The predicted molar refractivity (Wildman–Crippen MR) is 301 cm³/mol. The van der Waals surface area contributed by atoms with Crippen LogP contribution in [0.15, 0.2) is 30.5 Å². The van der Waals surface area contributed by atoms with Crippen LogP contribution in [0.3, 0.4) is 0 Å². The van der Waals surface area contributed by atoms with Crippen LogP contribution in [0, 0.1) is 5.92 Å². The van der Waals surface area contributed by atoms with Gasteiger partial charge in [-0.15, -0.1) is 0 Å². The molecule has 0 bridgehead atoms. The van der Waals surface area contributed by atoms with Crippen LogP contribution in [0.25, 0.3) is 10.9 Å². The van der Waals surface area contributed by atoms with E-state index in [1.807, 2.05) is 26.0 Å². The molecule has 29 heteroatoms. The lowest BCUT2D eigenvalue weighted by atomic mass is 10.0. The summed E-state index contributed by atoms with van der Waals surface area (Å²) in [5.41, 5.74) is 17.7. The number of amides is 11. The Hall–Kier alpha value is -6.98. The van der Waals surface area contributed by atoms with Gasteiger partial charge < -0.3 is 79.4 Å². The molecule has 16 N–H and O–H groups in total. The third kappa shape index (κ3) is 20.5. The lowest BCUT2D eigenvalue weighted by Crippen LogP contribution is -2.60. The van der Waals surface area contributed by atoms with Gasteiger partial charge in [-0.2, -0.15) is 23.5 Å². The normalized spacial score (nSPS) is 17.6. The number of fused-ring (bicyclic) bond motifs is 1. The maximum absolute atomic E-state index is 14.6. The van der Waals surface area contributed by atoms with E-state index in [4.69, 9.17) is 17.2 Å². The quantitative estimate of drug-likeness (QED) is 0.0337. The highest BCUT2D eigenvalue weighted by atomic mass is 32.2. The number of aliphatic hydroxyl groups is 1. The maximum atomic E-state index is 14.6. The zero-order valence-electron chi connectivity index (χ0n) is 46.1. The summed E-state index contributed by atoms with van der Waals surface area (Å²) in [5, 5.41) is 37.8. The summed E-state index contributed by atoms with van der Waals surface area (Å²) >= 11 is 2.72.